The van der Waals surface area contributed by atoms with Crippen LogP contribution in [0.1, 0.15) is 22.8 Å². The van der Waals surface area contributed by atoms with E-state index in [1.165, 1.54) is 13.8 Å². The van der Waals surface area contributed by atoms with E-state index in [4.69, 9.17) is 0 Å². The van der Waals surface area contributed by atoms with Crippen LogP contribution in [0.25, 0.3) is 0 Å². The van der Waals surface area contributed by atoms with Gasteiger partial charge in [-0.3, -0.25) is 0 Å². The van der Waals surface area contributed by atoms with E-state index in [1.807, 2.05) is 0 Å². The van der Waals surface area contributed by atoms with Gasteiger partial charge < -0.3 is 9.30 Å². The molecule has 0 aliphatic heterocycles. The van der Waals surface area contributed by atoms with Crippen molar-refractivity contribution in [3.05, 3.63) is 53.1 Å². The summed E-state index contributed by atoms with van der Waals surface area (Å²) >= 11 is 0. The highest BCUT2D eigenvalue weighted by atomic mass is 19.4. The monoisotopic (exact) mass is 344 g/mol. The highest BCUT2D eigenvalue weighted by molar-refractivity contribution is 5.81. The summed E-state index contributed by atoms with van der Waals surface area (Å²) in [5.74, 6) is -3.07. The van der Waals surface area contributed by atoms with Crippen molar-refractivity contribution < 1.29 is 27.1 Å². The first kappa shape index (κ1) is 18.0. The molecule has 2 rings (SSSR count). The van der Waals surface area contributed by atoms with E-state index in [9.17, 15) is 22.4 Å². The highest BCUT2D eigenvalue weighted by Gasteiger charge is 2.67. The van der Waals surface area contributed by atoms with Gasteiger partial charge in [-0.1, -0.05) is 30.3 Å². The fourth-order valence-electron chi connectivity index (χ4n) is 2.35. The molecular formula is C16H16F4N2O2. The number of imidazole rings is 1. The molecule has 1 heterocycles. The van der Waals surface area contributed by atoms with Gasteiger partial charge in [0.05, 0.1) is 12.8 Å². The Morgan fingerprint density at radius 2 is 1.75 bits per heavy atom. The molecule has 1 aromatic heterocycles. The van der Waals surface area contributed by atoms with E-state index in [0.717, 1.165) is 4.57 Å². The molecule has 0 bridgehead atoms. The first-order chi connectivity index (χ1) is 11.1. The largest absolute Gasteiger partial charge is 0.466 e. The number of rotatable bonds is 4. The van der Waals surface area contributed by atoms with Crippen LogP contribution < -0.4 is 0 Å². The number of halogens is 4. The molecule has 2 aromatic rings. The zero-order valence-corrected chi connectivity index (χ0v) is 13.3. The standard InChI is InChI=1S/C16H16F4N2O2/c1-10-11(2)22(9-12-7-5-4-6-8-12)13(21-10)15(17,14(23)24-3)16(18,19)20/h4-8H,9H2,1-3H3. The smallest absolute Gasteiger partial charge is 0.441 e. The van der Waals surface area contributed by atoms with Crippen molar-refractivity contribution in [2.24, 2.45) is 0 Å². The summed E-state index contributed by atoms with van der Waals surface area (Å²) < 4.78 is 60.1. The van der Waals surface area contributed by atoms with Crippen molar-refractivity contribution >= 4 is 5.97 Å². The first-order valence-corrected chi connectivity index (χ1v) is 7.05. The minimum atomic E-state index is -5.50. The predicted molar refractivity (Wildman–Crippen MR) is 78.1 cm³/mol. The first-order valence-electron chi connectivity index (χ1n) is 7.05. The third-order valence-corrected chi connectivity index (χ3v) is 3.81. The molecule has 0 amide bonds. The van der Waals surface area contributed by atoms with Crippen LogP contribution >= 0.6 is 0 Å². The van der Waals surface area contributed by atoms with Gasteiger partial charge in [0.15, 0.2) is 5.82 Å². The molecule has 0 fully saturated rings. The maximum absolute atomic E-state index is 14.9. The van der Waals surface area contributed by atoms with Gasteiger partial charge in [-0.05, 0) is 19.4 Å². The molecule has 0 N–H and O–H groups in total. The van der Waals surface area contributed by atoms with Gasteiger partial charge in [0.25, 0.3) is 0 Å². The summed E-state index contributed by atoms with van der Waals surface area (Å²) in [4.78, 5) is 15.3. The second-order valence-corrected chi connectivity index (χ2v) is 5.33. The maximum atomic E-state index is 14.9. The molecule has 8 heteroatoms. The topological polar surface area (TPSA) is 44.1 Å². The third kappa shape index (κ3) is 2.88. The average Bonchev–Trinajstić information content (AvgIpc) is 2.81. The van der Waals surface area contributed by atoms with Gasteiger partial charge in [0.2, 0.25) is 0 Å². The van der Waals surface area contributed by atoms with E-state index in [1.54, 1.807) is 30.3 Å². The summed E-state index contributed by atoms with van der Waals surface area (Å²) in [5, 5.41) is 0. The Bertz CT molecular complexity index is 741. The summed E-state index contributed by atoms with van der Waals surface area (Å²) in [6.45, 7) is 2.92. The van der Waals surface area contributed by atoms with Crippen molar-refractivity contribution in [3.63, 3.8) is 0 Å². The zero-order valence-electron chi connectivity index (χ0n) is 13.3. The molecule has 0 aliphatic rings. The van der Waals surface area contributed by atoms with Crippen LogP contribution in [0.5, 0.6) is 0 Å². The molecule has 0 aliphatic carbocycles. The normalized spacial score (nSPS) is 14.3. The molecule has 1 unspecified atom stereocenters. The summed E-state index contributed by atoms with van der Waals surface area (Å²) in [5.41, 5.74) is -3.15. The van der Waals surface area contributed by atoms with Crippen molar-refractivity contribution in [2.45, 2.75) is 32.2 Å². The minimum absolute atomic E-state index is 0.0540. The van der Waals surface area contributed by atoms with E-state index < -0.39 is 23.6 Å². The van der Waals surface area contributed by atoms with Crippen LogP contribution in [0.15, 0.2) is 30.3 Å². The Hall–Kier alpha value is -2.38. The Kier molecular flexibility index (Phi) is 4.68. The van der Waals surface area contributed by atoms with Crippen LogP contribution in [0.2, 0.25) is 0 Å². The number of aryl methyl sites for hydroxylation is 1. The maximum Gasteiger partial charge on any atom is 0.441 e. The number of esters is 1. The van der Waals surface area contributed by atoms with Crippen LogP contribution in [-0.4, -0.2) is 28.8 Å². The highest BCUT2D eigenvalue weighted by Crippen LogP contribution is 2.43. The van der Waals surface area contributed by atoms with Crippen molar-refractivity contribution in [1.29, 1.82) is 0 Å². The Morgan fingerprint density at radius 3 is 2.25 bits per heavy atom. The van der Waals surface area contributed by atoms with Gasteiger partial charge in [0, 0.05) is 12.2 Å². The van der Waals surface area contributed by atoms with Gasteiger partial charge in [0.1, 0.15) is 0 Å². The number of alkyl halides is 4. The van der Waals surface area contributed by atoms with Crippen LogP contribution in [-0.2, 0) is 21.7 Å². The van der Waals surface area contributed by atoms with E-state index >= 15 is 0 Å². The van der Waals surface area contributed by atoms with Crippen molar-refractivity contribution in [2.75, 3.05) is 7.11 Å². The summed E-state index contributed by atoms with van der Waals surface area (Å²) in [6, 6.07) is 8.54. The zero-order chi connectivity index (χ0) is 18.1. The Balaban J connectivity index is 2.65. The molecule has 0 radical (unpaired) electrons. The van der Waals surface area contributed by atoms with Crippen LogP contribution in [0.4, 0.5) is 17.6 Å². The second kappa shape index (κ2) is 6.26. The number of hydrogen-bond acceptors (Lipinski definition) is 3. The lowest BCUT2D eigenvalue weighted by molar-refractivity contribution is -0.245. The molecule has 0 saturated heterocycles. The number of methoxy groups -OCH3 is 1. The minimum Gasteiger partial charge on any atom is -0.466 e. The molecule has 0 spiro atoms. The fraction of sp³-hybridized carbons (Fsp3) is 0.375. The van der Waals surface area contributed by atoms with E-state index in [0.29, 0.717) is 18.4 Å². The number of carbonyl (C=O) groups is 1. The Morgan fingerprint density at radius 1 is 1.17 bits per heavy atom. The number of ether oxygens (including phenoxy) is 1. The molecule has 1 atom stereocenters. The molecule has 0 saturated carbocycles. The quantitative estimate of drug-likeness (QED) is 0.630. The number of hydrogen-bond donors (Lipinski definition) is 0. The van der Waals surface area contributed by atoms with Gasteiger partial charge >= 0.3 is 17.8 Å². The number of carbonyl (C=O) groups excluding carboxylic acids is 1. The molecule has 24 heavy (non-hydrogen) atoms. The van der Waals surface area contributed by atoms with Crippen LogP contribution in [0, 0.1) is 13.8 Å². The lowest BCUT2D eigenvalue weighted by Crippen LogP contribution is -2.48. The SMILES string of the molecule is COC(=O)C(F)(c1nc(C)c(C)n1Cc1ccccc1)C(F)(F)F. The molecule has 130 valence electrons. The lowest BCUT2D eigenvalue weighted by atomic mass is 10.0. The number of aromatic nitrogens is 2. The van der Waals surface area contributed by atoms with E-state index in [2.05, 4.69) is 9.72 Å². The summed E-state index contributed by atoms with van der Waals surface area (Å²) in [7, 11) is 0.701. The second-order valence-electron chi connectivity index (χ2n) is 5.33. The predicted octanol–water partition coefficient (Wildman–Crippen LogP) is 3.45. The van der Waals surface area contributed by atoms with Crippen molar-refractivity contribution in [1.82, 2.24) is 9.55 Å². The van der Waals surface area contributed by atoms with Crippen LogP contribution in [0.3, 0.4) is 0 Å². The number of benzene rings is 1. The number of nitrogens with zero attached hydrogens (tertiary/aromatic N) is 2. The molecule has 1 aromatic carbocycles. The van der Waals surface area contributed by atoms with Gasteiger partial charge in [-0.15, -0.1) is 0 Å². The summed E-state index contributed by atoms with van der Waals surface area (Å²) in [6.07, 6.45) is -5.50. The van der Waals surface area contributed by atoms with Gasteiger partial charge in [-0.25, -0.2) is 14.2 Å². The molecular weight excluding hydrogens is 328 g/mol. The lowest BCUT2D eigenvalue weighted by Gasteiger charge is -2.25. The average molecular weight is 344 g/mol. The third-order valence-electron chi connectivity index (χ3n) is 3.81. The van der Waals surface area contributed by atoms with Crippen molar-refractivity contribution in [3.8, 4) is 0 Å². The Labute approximate surface area is 136 Å². The van der Waals surface area contributed by atoms with Gasteiger partial charge in [-0.2, -0.15) is 13.2 Å². The van der Waals surface area contributed by atoms with E-state index in [-0.39, 0.29) is 12.2 Å². The fourth-order valence-corrected chi connectivity index (χ4v) is 2.35. The molecule has 4 nitrogen and oxygen atoms in total.